The van der Waals surface area contributed by atoms with E-state index >= 15 is 0 Å². The molecular formula is C26H32FN5O3S. The number of hydrogen-bond acceptors (Lipinski definition) is 5. The smallest absolute Gasteiger partial charge is 0.320 e. The summed E-state index contributed by atoms with van der Waals surface area (Å²) in [7, 11) is -3.40. The van der Waals surface area contributed by atoms with Gasteiger partial charge in [0.1, 0.15) is 12.1 Å². The van der Waals surface area contributed by atoms with Crippen molar-refractivity contribution < 1.29 is 17.6 Å². The van der Waals surface area contributed by atoms with Crippen molar-refractivity contribution in [1.82, 2.24) is 24.6 Å². The van der Waals surface area contributed by atoms with Crippen LogP contribution in [0.15, 0.2) is 29.4 Å². The first kappa shape index (κ1) is 22.7. The Kier molecular flexibility index (Phi) is 4.74. The number of nitrogens with zero attached hydrogens (tertiary/aromatic N) is 5. The van der Waals surface area contributed by atoms with E-state index in [9.17, 15) is 17.6 Å². The molecule has 0 radical (unpaired) electrons. The van der Waals surface area contributed by atoms with E-state index < -0.39 is 15.7 Å². The second-order valence-electron chi connectivity index (χ2n) is 12.4. The molecule has 1 aromatic heterocycles. The van der Waals surface area contributed by atoms with E-state index in [1.165, 1.54) is 18.9 Å². The molecule has 8 nitrogen and oxygen atoms in total. The maximum Gasteiger partial charge on any atom is 0.320 e. The van der Waals surface area contributed by atoms with Crippen LogP contribution in [0.25, 0.3) is 0 Å². The Morgan fingerprint density at radius 2 is 1.69 bits per heavy atom. The van der Waals surface area contributed by atoms with Gasteiger partial charge in [0.2, 0.25) is 0 Å². The molecule has 2 saturated heterocycles. The molecule has 192 valence electrons. The van der Waals surface area contributed by atoms with Crippen molar-refractivity contribution >= 4 is 15.9 Å². The third-order valence-electron chi connectivity index (χ3n) is 9.23. The molecule has 5 fully saturated rings. The van der Waals surface area contributed by atoms with Gasteiger partial charge < -0.3 is 9.80 Å². The van der Waals surface area contributed by atoms with Gasteiger partial charge in [-0.2, -0.15) is 5.10 Å². The Morgan fingerprint density at radius 1 is 1.06 bits per heavy atom. The molecule has 7 rings (SSSR count). The standard InChI is InChI=1S/C26H32FN5O3S/c1-36(34,35)21-5-4-19(22(27)7-21)6-17-8-25(9-17)12-30(13-25)24(33)31-14-26(15-31)10-20(11-26)32-16-28-23(29-32)18-2-3-18/h4-5,7,16-18,20H,2-3,6,8-15H2,1H3. The van der Waals surface area contributed by atoms with Gasteiger partial charge in [0.25, 0.3) is 0 Å². The summed E-state index contributed by atoms with van der Waals surface area (Å²) in [6.07, 6.45) is 10.2. The van der Waals surface area contributed by atoms with Crippen LogP contribution in [-0.4, -0.2) is 71.4 Å². The predicted octanol–water partition coefficient (Wildman–Crippen LogP) is 3.41. The highest BCUT2D eigenvalue weighted by atomic mass is 32.2. The second kappa shape index (κ2) is 7.52. The number of amides is 2. The van der Waals surface area contributed by atoms with Gasteiger partial charge >= 0.3 is 6.03 Å². The molecule has 36 heavy (non-hydrogen) atoms. The summed E-state index contributed by atoms with van der Waals surface area (Å²) in [5, 5.41) is 4.68. The van der Waals surface area contributed by atoms with E-state index in [2.05, 4.69) is 10.1 Å². The summed E-state index contributed by atoms with van der Waals surface area (Å²) < 4.78 is 39.7. The van der Waals surface area contributed by atoms with E-state index in [1.807, 2.05) is 20.8 Å². The van der Waals surface area contributed by atoms with Gasteiger partial charge in [-0.25, -0.2) is 27.3 Å². The average Bonchev–Trinajstić information content (AvgIpc) is 3.44. The lowest BCUT2D eigenvalue weighted by Gasteiger charge is -2.63. The van der Waals surface area contributed by atoms with Crippen LogP contribution in [0.2, 0.25) is 0 Å². The molecule has 3 heterocycles. The average molecular weight is 514 g/mol. The summed E-state index contributed by atoms with van der Waals surface area (Å²) in [6.45, 7) is 3.29. The third-order valence-corrected chi connectivity index (χ3v) is 10.3. The summed E-state index contributed by atoms with van der Waals surface area (Å²) in [5.74, 6) is 1.53. The van der Waals surface area contributed by atoms with Gasteiger partial charge in [-0.15, -0.1) is 0 Å². The molecule has 0 atom stereocenters. The fourth-order valence-corrected chi connectivity index (χ4v) is 7.81. The van der Waals surface area contributed by atoms with Gasteiger partial charge in [-0.05, 0) is 68.6 Å². The lowest BCUT2D eigenvalue weighted by molar-refractivity contribution is -0.107. The Bertz CT molecular complexity index is 1330. The van der Waals surface area contributed by atoms with Crippen molar-refractivity contribution in [2.45, 2.75) is 61.8 Å². The Hall–Kier alpha value is -2.49. The summed E-state index contributed by atoms with van der Waals surface area (Å²) in [5.41, 5.74) is 1.04. The van der Waals surface area contributed by atoms with Gasteiger partial charge in [-0.1, -0.05) is 6.07 Å². The molecule has 0 N–H and O–H groups in total. The molecule has 2 spiro atoms. The van der Waals surface area contributed by atoms with E-state index in [1.54, 1.807) is 6.07 Å². The van der Waals surface area contributed by atoms with Crippen molar-refractivity contribution in [1.29, 1.82) is 0 Å². The zero-order valence-electron chi connectivity index (χ0n) is 20.6. The zero-order chi connectivity index (χ0) is 24.9. The number of rotatable bonds is 5. The van der Waals surface area contributed by atoms with E-state index in [0.29, 0.717) is 29.9 Å². The first-order valence-corrected chi connectivity index (χ1v) is 14.9. The van der Waals surface area contributed by atoms with Crippen LogP contribution in [0.1, 0.15) is 61.9 Å². The van der Waals surface area contributed by atoms with Gasteiger partial charge in [-0.3, -0.25) is 0 Å². The number of aromatic nitrogens is 3. The summed E-state index contributed by atoms with van der Waals surface area (Å²) >= 11 is 0. The molecule has 1 aromatic carbocycles. The Balaban J connectivity index is 0.855. The molecular weight excluding hydrogens is 481 g/mol. The predicted molar refractivity (Wildman–Crippen MR) is 130 cm³/mol. The van der Waals surface area contributed by atoms with E-state index in [-0.39, 0.29) is 21.8 Å². The Labute approximate surface area is 210 Å². The summed E-state index contributed by atoms with van der Waals surface area (Å²) in [6, 6.07) is 4.82. The van der Waals surface area contributed by atoms with Crippen LogP contribution in [-0.2, 0) is 16.3 Å². The number of sulfone groups is 1. The number of benzene rings is 1. The Morgan fingerprint density at radius 3 is 2.28 bits per heavy atom. The number of urea groups is 1. The minimum atomic E-state index is -3.40. The summed E-state index contributed by atoms with van der Waals surface area (Å²) in [4.78, 5) is 21.4. The van der Waals surface area contributed by atoms with E-state index in [4.69, 9.17) is 0 Å². The van der Waals surface area contributed by atoms with Crippen molar-refractivity contribution in [3.63, 3.8) is 0 Å². The number of carbonyl (C=O) groups is 1. The highest BCUT2D eigenvalue weighted by Gasteiger charge is 2.58. The van der Waals surface area contributed by atoms with Crippen LogP contribution >= 0.6 is 0 Å². The minimum absolute atomic E-state index is 0.0216. The quantitative estimate of drug-likeness (QED) is 0.612. The van der Waals surface area contributed by atoms with Gasteiger partial charge in [0, 0.05) is 49.2 Å². The largest absolute Gasteiger partial charge is 0.323 e. The molecule has 10 heteroatoms. The lowest BCUT2D eigenvalue weighted by atomic mass is 9.56. The van der Waals surface area contributed by atoms with Gasteiger partial charge in [0.05, 0.1) is 10.9 Å². The van der Waals surface area contributed by atoms with E-state index in [0.717, 1.165) is 70.0 Å². The molecule has 0 unspecified atom stereocenters. The molecule has 2 aliphatic heterocycles. The van der Waals surface area contributed by atoms with Crippen molar-refractivity contribution in [2.24, 2.45) is 16.7 Å². The number of halogens is 1. The first-order chi connectivity index (χ1) is 17.1. The SMILES string of the molecule is CS(=O)(=O)c1ccc(CC2CC3(C2)CN(C(=O)N2CC4(CC(n5cnc(C6CC6)n5)C4)C2)C3)c(F)c1. The molecule has 2 aromatic rings. The minimum Gasteiger partial charge on any atom is -0.323 e. The fraction of sp³-hybridized carbons (Fsp3) is 0.654. The normalized spacial score (nSPS) is 24.8. The molecule has 0 bridgehead atoms. The number of carbonyl (C=O) groups excluding carboxylic acids is 1. The number of hydrogen-bond donors (Lipinski definition) is 0. The lowest BCUT2D eigenvalue weighted by Crippen LogP contribution is -2.71. The molecule has 2 amide bonds. The topological polar surface area (TPSA) is 88.4 Å². The van der Waals surface area contributed by atoms with Crippen LogP contribution in [0.4, 0.5) is 9.18 Å². The highest BCUT2D eigenvalue weighted by Crippen LogP contribution is 2.56. The fourth-order valence-electron chi connectivity index (χ4n) is 7.18. The molecule has 3 aliphatic carbocycles. The van der Waals surface area contributed by atoms with Gasteiger partial charge in [0.15, 0.2) is 15.7 Å². The van der Waals surface area contributed by atoms with Crippen LogP contribution in [0, 0.1) is 22.6 Å². The van der Waals surface area contributed by atoms with Crippen LogP contribution in [0.5, 0.6) is 0 Å². The first-order valence-electron chi connectivity index (χ1n) is 13.0. The third kappa shape index (κ3) is 3.74. The van der Waals surface area contributed by atoms with Crippen molar-refractivity contribution in [3.05, 3.63) is 41.7 Å². The van der Waals surface area contributed by atoms with Crippen LogP contribution < -0.4 is 0 Å². The molecule has 3 saturated carbocycles. The monoisotopic (exact) mass is 513 g/mol. The maximum atomic E-state index is 14.4. The number of likely N-dealkylation sites (tertiary alicyclic amines) is 2. The maximum absolute atomic E-state index is 14.4. The highest BCUT2D eigenvalue weighted by molar-refractivity contribution is 7.90. The van der Waals surface area contributed by atoms with Crippen molar-refractivity contribution in [2.75, 3.05) is 32.4 Å². The zero-order valence-corrected chi connectivity index (χ0v) is 21.4. The van der Waals surface area contributed by atoms with Crippen molar-refractivity contribution in [3.8, 4) is 0 Å². The molecule has 5 aliphatic rings. The second-order valence-corrected chi connectivity index (χ2v) is 14.4. The van der Waals surface area contributed by atoms with Crippen LogP contribution in [0.3, 0.4) is 0 Å².